The fraction of sp³-hybridized carbons (Fsp3) is 0.667. The molecule has 0 radical (unpaired) electrons. The smallest absolute Gasteiger partial charge is 0.336 e. The van der Waals surface area contributed by atoms with Crippen molar-refractivity contribution in [2.24, 2.45) is 0 Å². The van der Waals surface area contributed by atoms with E-state index in [2.05, 4.69) is 13.8 Å². The number of phenols is 1. The Labute approximate surface area is 175 Å². The molecule has 1 aromatic rings. The second kappa shape index (κ2) is 14.0. The summed E-state index contributed by atoms with van der Waals surface area (Å²) in [6.07, 6.45) is 13.5. The van der Waals surface area contributed by atoms with E-state index in [4.69, 9.17) is 0 Å². The third-order valence-electron chi connectivity index (χ3n) is 5.52. The first-order valence-electron chi connectivity index (χ1n) is 11.3. The van der Waals surface area contributed by atoms with Gasteiger partial charge in [0.2, 0.25) is 0 Å². The second-order valence-corrected chi connectivity index (χ2v) is 7.92. The minimum Gasteiger partial charge on any atom is -0.508 e. The lowest BCUT2D eigenvalue weighted by atomic mass is 9.89. The average Bonchev–Trinajstić information content (AvgIpc) is 2.68. The van der Waals surface area contributed by atoms with Crippen LogP contribution in [0.15, 0.2) is 6.07 Å². The van der Waals surface area contributed by atoms with Crippen molar-refractivity contribution < 1.29 is 24.9 Å². The van der Waals surface area contributed by atoms with Gasteiger partial charge in [0.05, 0.1) is 11.1 Å². The molecule has 0 saturated carbocycles. The van der Waals surface area contributed by atoms with E-state index in [1.165, 1.54) is 25.3 Å². The monoisotopic (exact) mass is 406 g/mol. The van der Waals surface area contributed by atoms with E-state index < -0.39 is 11.9 Å². The van der Waals surface area contributed by atoms with Gasteiger partial charge in [-0.2, -0.15) is 0 Å². The van der Waals surface area contributed by atoms with Crippen LogP contribution in [-0.4, -0.2) is 27.3 Å². The van der Waals surface area contributed by atoms with Gasteiger partial charge < -0.3 is 15.3 Å². The first kappa shape index (κ1) is 25.0. The van der Waals surface area contributed by atoms with Crippen molar-refractivity contribution >= 4 is 11.9 Å². The highest BCUT2D eigenvalue weighted by atomic mass is 16.4. The minimum atomic E-state index is -1.19. The summed E-state index contributed by atoms with van der Waals surface area (Å²) in [6, 6.07) is 1.24. The van der Waals surface area contributed by atoms with Crippen LogP contribution < -0.4 is 0 Å². The highest BCUT2D eigenvalue weighted by molar-refractivity contribution is 5.98. The molecule has 1 aromatic carbocycles. The standard InChI is InChI=1S/C24H38O5/c1-3-5-7-9-11-13-15-18-20(23(26)27)17-21(25)19(22(18)24(28)29)16-14-12-10-8-6-4-2/h17,25H,3-16H2,1-2H3,(H,26,27)(H,28,29). The van der Waals surface area contributed by atoms with E-state index in [1.807, 2.05) is 0 Å². The molecule has 0 amide bonds. The Morgan fingerprint density at radius 3 is 1.59 bits per heavy atom. The molecule has 29 heavy (non-hydrogen) atoms. The summed E-state index contributed by atoms with van der Waals surface area (Å²) in [6.45, 7) is 4.31. The quantitative estimate of drug-likeness (QED) is 0.269. The molecule has 0 atom stereocenters. The molecular weight excluding hydrogens is 368 g/mol. The Kier molecular flexibility index (Phi) is 12.1. The third kappa shape index (κ3) is 8.46. The lowest BCUT2D eigenvalue weighted by Gasteiger charge is -2.16. The zero-order chi connectivity index (χ0) is 21.6. The summed E-state index contributed by atoms with van der Waals surface area (Å²) in [5.41, 5.74) is 0.669. The molecule has 5 nitrogen and oxygen atoms in total. The molecule has 0 fully saturated rings. The molecule has 0 heterocycles. The molecule has 0 aliphatic rings. The largest absolute Gasteiger partial charge is 0.508 e. The van der Waals surface area contributed by atoms with Crippen molar-refractivity contribution in [3.05, 3.63) is 28.3 Å². The molecular formula is C24H38O5. The number of hydrogen-bond acceptors (Lipinski definition) is 3. The topological polar surface area (TPSA) is 94.8 Å². The predicted molar refractivity (Wildman–Crippen MR) is 116 cm³/mol. The molecule has 3 N–H and O–H groups in total. The van der Waals surface area contributed by atoms with Crippen molar-refractivity contribution in [1.82, 2.24) is 0 Å². The maximum absolute atomic E-state index is 12.0. The van der Waals surface area contributed by atoms with Crippen molar-refractivity contribution in [3.63, 3.8) is 0 Å². The molecule has 0 saturated heterocycles. The number of benzene rings is 1. The van der Waals surface area contributed by atoms with Gasteiger partial charge in [0.25, 0.3) is 0 Å². The van der Waals surface area contributed by atoms with E-state index in [0.717, 1.165) is 57.8 Å². The summed E-state index contributed by atoms with van der Waals surface area (Å²) < 4.78 is 0. The molecule has 0 bridgehead atoms. The van der Waals surface area contributed by atoms with E-state index in [-0.39, 0.29) is 16.9 Å². The van der Waals surface area contributed by atoms with Gasteiger partial charge in [-0.1, -0.05) is 78.1 Å². The fourth-order valence-electron chi connectivity index (χ4n) is 3.88. The third-order valence-corrected chi connectivity index (χ3v) is 5.52. The summed E-state index contributed by atoms with van der Waals surface area (Å²) in [7, 11) is 0. The average molecular weight is 407 g/mol. The summed E-state index contributed by atoms with van der Waals surface area (Å²) in [5, 5.41) is 29.7. The van der Waals surface area contributed by atoms with E-state index in [1.54, 1.807) is 0 Å². The second-order valence-electron chi connectivity index (χ2n) is 7.92. The Morgan fingerprint density at radius 1 is 0.690 bits per heavy atom. The van der Waals surface area contributed by atoms with Crippen LogP contribution in [-0.2, 0) is 12.8 Å². The first-order chi connectivity index (χ1) is 13.9. The number of unbranched alkanes of at least 4 members (excludes halogenated alkanes) is 10. The zero-order valence-electron chi connectivity index (χ0n) is 18.1. The Hall–Kier alpha value is -2.04. The van der Waals surface area contributed by atoms with Gasteiger partial charge >= 0.3 is 11.9 Å². The highest BCUT2D eigenvalue weighted by Crippen LogP contribution is 2.31. The van der Waals surface area contributed by atoms with Crippen LogP contribution in [0.5, 0.6) is 5.75 Å². The van der Waals surface area contributed by atoms with Gasteiger partial charge in [-0.25, -0.2) is 9.59 Å². The van der Waals surface area contributed by atoms with Crippen LogP contribution in [0, 0.1) is 0 Å². The number of aromatic carboxylic acids is 2. The van der Waals surface area contributed by atoms with Crippen molar-refractivity contribution in [3.8, 4) is 5.75 Å². The fourth-order valence-corrected chi connectivity index (χ4v) is 3.88. The number of aromatic hydroxyl groups is 1. The summed E-state index contributed by atoms with van der Waals surface area (Å²) in [5.74, 6) is -2.54. The number of carbonyl (C=O) groups is 2. The molecule has 0 unspecified atom stereocenters. The van der Waals surface area contributed by atoms with Crippen LogP contribution in [0.4, 0.5) is 0 Å². The first-order valence-corrected chi connectivity index (χ1v) is 11.3. The van der Waals surface area contributed by atoms with Gasteiger partial charge in [-0.15, -0.1) is 0 Å². The van der Waals surface area contributed by atoms with Crippen molar-refractivity contribution in [2.45, 2.75) is 104 Å². The Bertz CT molecular complexity index is 651. The number of hydrogen-bond donors (Lipinski definition) is 3. The van der Waals surface area contributed by atoms with Gasteiger partial charge in [0.1, 0.15) is 5.75 Å². The minimum absolute atomic E-state index is 0.00418. The lowest BCUT2D eigenvalue weighted by Crippen LogP contribution is -2.14. The van der Waals surface area contributed by atoms with Crippen LogP contribution in [0.25, 0.3) is 0 Å². The van der Waals surface area contributed by atoms with Crippen LogP contribution in [0.2, 0.25) is 0 Å². The normalized spacial score (nSPS) is 11.0. The highest BCUT2D eigenvalue weighted by Gasteiger charge is 2.25. The van der Waals surface area contributed by atoms with E-state index in [9.17, 15) is 24.9 Å². The van der Waals surface area contributed by atoms with Gasteiger partial charge in [-0.3, -0.25) is 0 Å². The Balaban J connectivity index is 2.97. The number of phenolic OH excluding ortho intramolecular Hbond substituents is 1. The maximum atomic E-state index is 12.0. The molecule has 0 aliphatic carbocycles. The Morgan fingerprint density at radius 2 is 1.14 bits per heavy atom. The maximum Gasteiger partial charge on any atom is 0.336 e. The molecule has 0 aromatic heterocycles. The van der Waals surface area contributed by atoms with Crippen LogP contribution >= 0.6 is 0 Å². The van der Waals surface area contributed by atoms with Crippen molar-refractivity contribution in [2.75, 3.05) is 0 Å². The predicted octanol–water partition coefficient (Wildman–Crippen LogP) is 6.59. The zero-order valence-corrected chi connectivity index (χ0v) is 18.1. The summed E-state index contributed by atoms with van der Waals surface area (Å²) in [4.78, 5) is 23.7. The summed E-state index contributed by atoms with van der Waals surface area (Å²) >= 11 is 0. The van der Waals surface area contributed by atoms with Gasteiger partial charge in [0, 0.05) is 5.56 Å². The number of rotatable bonds is 16. The number of carboxylic acids is 2. The van der Waals surface area contributed by atoms with E-state index >= 15 is 0 Å². The molecule has 0 aliphatic heterocycles. The lowest BCUT2D eigenvalue weighted by molar-refractivity contribution is 0.0693. The van der Waals surface area contributed by atoms with Crippen molar-refractivity contribution in [1.29, 1.82) is 0 Å². The number of carboxylic acid groups (broad SMARTS) is 2. The van der Waals surface area contributed by atoms with Crippen LogP contribution in [0.3, 0.4) is 0 Å². The molecule has 5 heteroatoms. The molecule has 1 rings (SSSR count). The molecule has 164 valence electrons. The van der Waals surface area contributed by atoms with Gasteiger partial charge in [0.15, 0.2) is 0 Å². The van der Waals surface area contributed by atoms with Crippen LogP contribution in [0.1, 0.15) is 123 Å². The molecule has 0 spiro atoms. The van der Waals surface area contributed by atoms with E-state index in [0.29, 0.717) is 24.0 Å². The van der Waals surface area contributed by atoms with Gasteiger partial charge in [-0.05, 0) is 37.3 Å². The SMILES string of the molecule is CCCCCCCCc1c(O)cc(C(=O)O)c(CCCCCCCC)c1C(=O)O.